The summed E-state index contributed by atoms with van der Waals surface area (Å²) in [4.78, 5) is 45.9. The van der Waals surface area contributed by atoms with Crippen LogP contribution >= 0.6 is 11.5 Å². The molecule has 0 aliphatic heterocycles. The van der Waals surface area contributed by atoms with Gasteiger partial charge in [0.1, 0.15) is 16.7 Å². The summed E-state index contributed by atoms with van der Waals surface area (Å²) < 4.78 is 9.43. The van der Waals surface area contributed by atoms with Crippen LogP contribution in [0.2, 0.25) is 0 Å². The van der Waals surface area contributed by atoms with Gasteiger partial charge in [0, 0.05) is 29.4 Å². The molecule has 1 saturated carbocycles. The first-order chi connectivity index (χ1) is 18.9. The first-order valence-electron chi connectivity index (χ1n) is 12.5. The second kappa shape index (κ2) is 11.1. The Morgan fingerprint density at radius 2 is 1.90 bits per heavy atom. The zero-order chi connectivity index (χ0) is 27.5. The Hall–Kier alpha value is -4.51. The van der Waals surface area contributed by atoms with E-state index in [0.29, 0.717) is 17.0 Å². The van der Waals surface area contributed by atoms with E-state index in [1.165, 1.54) is 12.0 Å². The van der Waals surface area contributed by atoms with Gasteiger partial charge in [0.2, 0.25) is 5.91 Å². The summed E-state index contributed by atoms with van der Waals surface area (Å²) >= 11 is 0.765. The molecule has 0 bridgehead atoms. The summed E-state index contributed by atoms with van der Waals surface area (Å²) in [5.41, 5.74) is 13.0. The maximum absolute atomic E-state index is 14.3. The third-order valence-electron chi connectivity index (χ3n) is 6.86. The van der Waals surface area contributed by atoms with Crippen LogP contribution in [-0.4, -0.2) is 40.2 Å². The number of nitrogens with one attached hydrogen (secondary N) is 1. The van der Waals surface area contributed by atoms with Crippen molar-refractivity contribution in [2.24, 2.45) is 5.73 Å². The average molecular weight is 545 g/mol. The van der Waals surface area contributed by atoms with Gasteiger partial charge >= 0.3 is 0 Å². The number of benzene rings is 2. The molecule has 2 aromatic carbocycles. The minimum absolute atomic E-state index is 0.00717. The van der Waals surface area contributed by atoms with E-state index in [2.05, 4.69) is 14.7 Å². The van der Waals surface area contributed by atoms with E-state index in [1.807, 2.05) is 24.3 Å². The second-order valence-corrected chi connectivity index (χ2v) is 10.1. The molecule has 5 N–H and O–H groups in total. The number of anilines is 2. The predicted octanol–water partition coefficient (Wildman–Crippen LogP) is 3.83. The fraction of sp³-hybridized carbons (Fsp3) is 0.250. The average Bonchev–Trinajstić information content (AvgIpc) is 3.60. The molecule has 2 aromatic heterocycles. The van der Waals surface area contributed by atoms with Crippen LogP contribution in [0.3, 0.4) is 0 Å². The van der Waals surface area contributed by atoms with Crippen LogP contribution < -0.4 is 26.4 Å². The van der Waals surface area contributed by atoms with Crippen LogP contribution in [0.25, 0.3) is 10.9 Å². The lowest BCUT2D eigenvalue weighted by molar-refractivity contribution is -0.123. The van der Waals surface area contributed by atoms with Crippen molar-refractivity contribution in [1.82, 2.24) is 14.7 Å². The van der Waals surface area contributed by atoms with E-state index in [0.717, 1.165) is 48.1 Å². The second-order valence-electron chi connectivity index (χ2n) is 9.36. The molecule has 1 atom stereocenters. The Morgan fingerprint density at radius 1 is 1.10 bits per heavy atom. The zero-order valence-electron chi connectivity index (χ0n) is 21.3. The van der Waals surface area contributed by atoms with Gasteiger partial charge in [0.15, 0.2) is 5.69 Å². The minimum Gasteiger partial charge on any atom is -0.497 e. The lowest BCUT2D eigenvalue weighted by Crippen LogP contribution is -2.46. The monoisotopic (exact) mass is 544 g/mol. The summed E-state index contributed by atoms with van der Waals surface area (Å²) in [6.07, 6.45) is 5.50. The maximum atomic E-state index is 14.3. The van der Waals surface area contributed by atoms with Crippen molar-refractivity contribution in [3.63, 3.8) is 0 Å². The number of nitrogen functional groups attached to an aromatic ring is 1. The fourth-order valence-corrected chi connectivity index (χ4v) is 5.66. The lowest BCUT2D eigenvalue weighted by Gasteiger charge is -2.32. The molecule has 11 heteroatoms. The first kappa shape index (κ1) is 26.1. The molecule has 10 nitrogen and oxygen atoms in total. The van der Waals surface area contributed by atoms with Crippen molar-refractivity contribution in [3.8, 4) is 5.75 Å². The van der Waals surface area contributed by atoms with Gasteiger partial charge in [0.05, 0.1) is 18.3 Å². The van der Waals surface area contributed by atoms with Crippen molar-refractivity contribution in [3.05, 3.63) is 76.9 Å². The van der Waals surface area contributed by atoms with Crippen molar-refractivity contribution in [2.45, 2.75) is 37.8 Å². The molecule has 200 valence electrons. The third-order valence-corrected chi connectivity index (χ3v) is 7.71. The highest BCUT2D eigenvalue weighted by Gasteiger charge is 2.37. The highest BCUT2D eigenvalue weighted by Crippen LogP contribution is 2.35. The van der Waals surface area contributed by atoms with Crippen LogP contribution in [0, 0.1) is 0 Å². The molecule has 1 unspecified atom stereocenters. The highest BCUT2D eigenvalue weighted by molar-refractivity contribution is 7.09. The number of methoxy groups -OCH3 is 1. The van der Waals surface area contributed by atoms with Gasteiger partial charge < -0.3 is 21.5 Å². The van der Waals surface area contributed by atoms with Crippen LogP contribution in [0.4, 0.5) is 11.4 Å². The number of hydrogen-bond donors (Lipinski definition) is 3. The number of nitrogens with two attached hydrogens (primary N) is 2. The minimum atomic E-state index is -1.08. The van der Waals surface area contributed by atoms with Gasteiger partial charge in [-0.15, -0.1) is 0 Å². The van der Waals surface area contributed by atoms with Gasteiger partial charge in [-0.1, -0.05) is 31.0 Å². The number of pyridine rings is 1. The smallest absolute Gasteiger partial charge is 0.273 e. The van der Waals surface area contributed by atoms with Gasteiger partial charge in [-0.05, 0) is 60.3 Å². The first-order valence-corrected chi connectivity index (χ1v) is 13.3. The summed E-state index contributed by atoms with van der Waals surface area (Å²) in [6.45, 7) is 0. The van der Waals surface area contributed by atoms with E-state index in [9.17, 15) is 14.4 Å². The van der Waals surface area contributed by atoms with E-state index in [1.54, 1.807) is 36.5 Å². The molecule has 1 fully saturated rings. The quantitative estimate of drug-likeness (QED) is 0.305. The van der Waals surface area contributed by atoms with Crippen LogP contribution in [0.1, 0.15) is 57.4 Å². The number of hydrogen-bond acceptors (Lipinski definition) is 8. The van der Waals surface area contributed by atoms with Gasteiger partial charge in [0.25, 0.3) is 11.8 Å². The molecule has 4 aromatic rings. The van der Waals surface area contributed by atoms with E-state index in [4.69, 9.17) is 16.2 Å². The molecular weight excluding hydrogens is 516 g/mol. The Balaban J connectivity index is 1.69. The molecule has 1 aliphatic carbocycles. The highest BCUT2D eigenvalue weighted by atomic mass is 32.1. The number of aromatic nitrogens is 2. The molecule has 39 heavy (non-hydrogen) atoms. The summed E-state index contributed by atoms with van der Waals surface area (Å²) in [6, 6.07) is 15.0. The Morgan fingerprint density at radius 3 is 2.62 bits per heavy atom. The van der Waals surface area contributed by atoms with Gasteiger partial charge in [-0.2, -0.15) is 4.37 Å². The summed E-state index contributed by atoms with van der Waals surface area (Å²) in [7, 11) is 1.52. The van der Waals surface area contributed by atoms with Crippen molar-refractivity contribution in [2.75, 3.05) is 17.7 Å². The predicted molar refractivity (Wildman–Crippen MR) is 150 cm³/mol. The summed E-state index contributed by atoms with van der Waals surface area (Å²) in [5, 5.41) is 3.97. The van der Waals surface area contributed by atoms with Gasteiger partial charge in [-0.3, -0.25) is 24.3 Å². The van der Waals surface area contributed by atoms with Crippen LogP contribution in [0.5, 0.6) is 5.75 Å². The Bertz CT molecular complexity index is 1550. The molecule has 2 heterocycles. The number of nitrogens with zero attached hydrogens (tertiary/aromatic N) is 3. The SMILES string of the molecule is COc1cccc(N(C(=O)c2snc(C(N)=O)c2N)C(C(=O)NC2CCCC2)c2ccc3ncccc3c2)c1. The van der Waals surface area contributed by atoms with Crippen LogP contribution in [-0.2, 0) is 4.79 Å². The van der Waals surface area contributed by atoms with E-state index < -0.39 is 17.9 Å². The number of primary amides is 1. The summed E-state index contributed by atoms with van der Waals surface area (Å²) in [5.74, 6) is -1.27. The fourth-order valence-electron chi connectivity index (χ4n) is 4.91. The zero-order valence-corrected chi connectivity index (χ0v) is 22.1. The van der Waals surface area contributed by atoms with Crippen molar-refractivity contribution in [1.29, 1.82) is 0 Å². The topological polar surface area (TPSA) is 154 Å². The molecule has 0 saturated heterocycles. The number of ether oxygens (including phenoxy) is 1. The van der Waals surface area contributed by atoms with Crippen molar-refractivity contribution < 1.29 is 19.1 Å². The largest absolute Gasteiger partial charge is 0.497 e. The molecule has 5 rings (SSSR count). The molecule has 0 spiro atoms. The van der Waals surface area contributed by atoms with E-state index in [-0.39, 0.29) is 28.2 Å². The normalized spacial score (nSPS) is 14.2. The molecule has 1 aliphatic rings. The number of fused-ring (bicyclic) bond motifs is 1. The Labute approximate surface area is 229 Å². The lowest BCUT2D eigenvalue weighted by atomic mass is 9.99. The Kier molecular flexibility index (Phi) is 7.42. The number of carbonyl (C=O) groups is 3. The number of amides is 3. The van der Waals surface area contributed by atoms with Gasteiger partial charge in [-0.25, -0.2) is 0 Å². The number of rotatable bonds is 8. The standard InChI is InChI=1S/C28H28N6O4S/c1-38-20-10-4-9-19(15-20)34(28(37)25-22(29)23(26(30)35)33-39-25)24(27(36)32-18-7-2-3-8-18)17-11-12-21-16(14-17)6-5-13-31-21/h4-6,9-15,18,24H,2-3,7-8,29H2,1H3,(H2,30,35)(H,32,36). The maximum Gasteiger partial charge on any atom is 0.273 e. The molecular formula is C28H28N6O4S. The third kappa shape index (κ3) is 5.26. The molecule has 0 radical (unpaired) electrons. The van der Waals surface area contributed by atoms with Crippen molar-refractivity contribution >= 4 is 51.5 Å². The van der Waals surface area contributed by atoms with E-state index >= 15 is 0 Å². The number of carbonyl (C=O) groups excluding carboxylic acids is 3. The molecule has 3 amide bonds. The van der Waals surface area contributed by atoms with Crippen LogP contribution in [0.15, 0.2) is 60.8 Å².